The number of Topliss-reactive ketones (excluding diaryl/α,β-unsaturated/α-hetero) is 1. The Labute approximate surface area is 74.9 Å². The first-order valence-electron chi connectivity index (χ1n) is 4.65. The molecule has 1 heteroatoms. The number of hydrogen-bond donors (Lipinski definition) is 0. The lowest BCUT2D eigenvalue weighted by Gasteiger charge is -2.29. The molecule has 1 saturated carbocycles. The third-order valence-electron chi connectivity index (χ3n) is 3.09. The van der Waals surface area contributed by atoms with Crippen LogP contribution < -0.4 is 0 Å². The van der Waals surface area contributed by atoms with Crippen molar-refractivity contribution in [3.05, 3.63) is 12.7 Å². The summed E-state index contributed by atoms with van der Waals surface area (Å²) < 4.78 is 0. The van der Waals surface area contributed by atoms with Gasteiger partial charge < -0.3 is 0 Å². The molecule has 0 aromatic heterocycles. The van der Waals surface area contributed by atoms with E-state index in [2.05, 4.69) is 27.4 Å². The van der Waals surface area contributed by atoms with Crippen LogP contribution in [0, 0.1) is 17.3 Å². The lowest BCUT2D eigenvalue weighted by atomic mass is 9.73. The SMILES string of the molecule is C=CC(C)(C)C1C(=O)CCC1C. The van der Waals surface area contributed by atoms with Crippen molar-refractivity contribution < 1.29 is 4.79 Å². The molecular weight excluding hydrogens is 148 g/mol. The lowest BCUT2D eigenvalue weighted by molar-refractivity contribution is -0.123. The highest BCUT2D eigenvalue weighted by Gasteiger charge is 2.40. The summed E-state index contributed by atoms with van der Waals surface area (Å²) in [7, 11) is 0. The summed E-state index contributed by atoms with van der Waals surface area (Å²) in [6, 6.07) is 0. The van der Waals surface area contributed by atoms with Crippen LogP contribution in [-0.4, -0.2) is 5.78 Å². The molecule has 0 heterocycles. The van der Waals surface area contributed by atoms with Gasteiger partial charge in [0.25, 0.3) is 0 Å². The summed E-state index contributed by atoms with van der Waals surface area (Å²) in [6.45, 7) is 10.2. The lowest BCUT2D eigenvalue weighted by Crippen LogP contribution is -2.29. The van der Waals surface area contributed by atoms with Crippen molar-refractivity contribution in [1.29, 1.82) is 0 Å². The van der Waals surface area contributed by atoms with E-state index in [0.717, 1.165) is 12.8 Å². The van der Waals surface area contributed by atoms with Crippen LogP contribution in [0.3, 0.4) is 0 Å². The van der Waals surface area contributed by atoms with E-state index in [4.69, 9.17) is 0 Å². The van der Waals surface area contributed by atoms with Gasteiger partial charge in [0.1, 0.15) is 5.78 Å². The summed E-state index contributed by atoms with van der Waals surface area (Å²) in [5.74, 6) is 1.16. The zero-order chi connectivity index (χ0) is 9.35. The number of carbonyl (C=O) groups is 1. The summed E-state index contributed by atoms with van der Waals surface area (Å²) >= 11 is 0. The Morgan fingerprint density at radius 3 is 2.50 bits per heavy atom. The molecular formula is C11H18O. The third kappa shape index (κ3) is 1.45. The van der Waals surface area contributed by atoms with Gasteiger partial charge in [-0.1, -0.05) is 26.8 Å². The van der Waals surface area contributed by atoms with Gasteiger partial charge in [0, 0.05) is 12.3 Å². The van der Waals surface area contributed by atoms with Crippen molar-refractivity contribution in [2.75, 3.05) is 0 Å². The van der Waals surface area contributed by atoms with Crippen LogP contribution in [-0.2, 0) is 4.79 Å². The molecule has 68 valence electrons. The fourth-order valence-corrected chi connectivity index (χ4v) is 2.28. The Morgan fingerprint density at radius 1 is 1.58 bits per heavy atom. The third-order valence-corrected chi connectivity index (χ3v) is 3.09. The molecule has 0 spiro atoms. The smallest absolute Gasteiger partial charge is 0.137 e. The Kier molecular flexibility index (Phi) is 2.41. The van der Waals surface area contributed by atoms with Gasteiger partial charge in [-0.2, -0.15) is 0 Å². The predicted octanol–water partition coefficient (Wildman–Crippen LogP) is 2.81. The standard InChI is InChI=1S/C11H18O/c1-5-11(3,4)10-8(2)6-7-9(10)12/h5,8,10H,1,6-7H2,2-4H3. The fourth-order valence-electron chi connectivity index (χ4n) is 2.28. The molecule has 0 aliphatic heterocycles. The van der Waals surface area contributed by atoms with Gasteiger partial charge in [0.2, 0.25) is 0 Å². The van der Waals surface area contributed by atoms with E-state index in [9.17, 15) is 4.79 Å². The maximum absolute atomic E-state index is 11.5. The minimum Gasteiger partial charge on any atom is -0.299 e. The maximum Gasteiger partial charge on any atom is 0.137 e. The molecule has 0 aromatic carbocycles. The molecule has 0 amide bonds. The second-order valence-corrected chi connectivity index (χ2v) is 4.49. The normalized spacial score (nSPS) is 30.8. The van der Waals surface area contributed by atoms with Gasteiger partial charge in [-0.05, 0) is 17.8 Å². The number of rotatable bonds is 2. The first kappa shape index (κ1) is 9.50. The number of carbonyl (C=O) groups excluding carboxylic acids is 1. The van der Waals surface area contributed by atoms with Gasteiger partial charge in [-0.25, -0.2) is 0 Å². The molecule has 12 heavy (non-hydrogen) atoms. The Hall–Kier alpha value is -0.590. The minimum atomic E-state index is -0.0208. The van der Waals surface area contributed by atoms with Crippen molar-refractivity contribution in [2.45, 2.75) is 33.6 Å². The monoisotopic (exact) mass is 166 g/mol. The molecule has 0 radical (unpaired) electrons. The Bertz CT molecular complexity index is 203. The molecule has 0 bridgehead atoms. The zero-order valence-electron chi connectivity index (χ0n) is 8.26. The average molecular weight is 166 g/mol. The Morgan fingerprint density at radius 2 is 2.17 bits per heavy atom. The van der Waals surface area contributed by atoms with E-state index in [1.807, 2.05) is 6.08 Å². The highest BCUT2D eigenvalue weighted by atomic mass is 16.1. The van der Waals surface area contributed by atoms with Gasteiger partial charge in [-0.15, -0.1) is 6.58 Å². The van der Waals surface area contributed by atoms with Gasteiger partial charge in [-0.3, -0.25) is 4.79 Å². The highest BCUT2D eigenvalue weighted by molar-refractivity contribution is 5.84. The number of allylic oxidation sites excluding steroid dienone is 1. The van der Waals surface area contributed by atoms with Crippen molar-refractivity contribution in [3.8, 4) is 0 Å². The average Bonchev–Trinajstić information content (AvgIpc) is 2.31. The molecule has 0 N–H and O–H groups in total. The van der Waals surface area contributed by atoms with E-state index in [-0.39, 0.29) is 11.3 Å². The number of ketones is 1. The van der Waals surface area contributed by atoms with Gasteiger partial charge in [0.05, 0.1) is 0 Å². The summed E-state index contributed by atoms with van der Waals surface area (Å²) in [5, 5.41) is 0. The molecule has 1 rings (SSSR count). The van der Waals surface area contributed by atoms with Gasteiger partial charge in [0.15, 0.2) is 0 Å². The molecule has 0 aromatic rings. The van der Waals surface area contributed by atoms with Crippen LogP contribution in [0.2, 0.25) is 0 Å². The predicted molar refractivity (Wildman–Crippen MR) is 50.9 cm³/mol. The molecule has 2 atom stereocenters. The van der Waals surface area contributed by atoms with Crippen LogP contribution in [0.4, 0.5) is 0 Å². The summed E-state index contributed by atoms with van der Waals surface area (Å²) in [5.41, 5.74) is -0.0208. The fraction of sp³-hybridized carbons (Fsp3) is 0.727. The Balaban J connectivity index is 2.85. The van der Waals surface area contributed by atoms with Crippen molar-refractivity contribution in [1.82, 2.24) is 0 Å². The number of hydrogen-bond acceptors (Lipinski definition) is 1. The van der Waals surface area contributed by atoms with E-state index in [0.29, 0.717) is 11.7 Å². The van der Waals surface area contributed by atoms with Crippen LogP contribution >= 0.6 is 0 Å². The van der Waals surface area contributed by atoms with Crippen molar-refractivity contribution in [3.63, 3.8) is 0 Å². The van der Waals surface area contributed by atoms with Crippen LogP contribution in [0.25, 0.3) is 0 Å². The first-order chi connectivity index (χ1) is 5.49. The molecule has 1 fully saturated rings. The van der Waals surface area contributed by atoms with E-state index >= 15 is 0 Å². The zero-order valence-corrected chi connectivity index (χ0v) is 8.26. The summed E-state index contributed by atoms with van der Waals surface area (Å²) in [6.07, 6.45) is 3.74. The maximum atomic E-state index is 11.5. The van der Waals surface area contributed by atoms with Crippen LogP contribution in [0.15, 0.2) is 12.7 Å². The van der Waals surface area contributed by atoms with E-state index in [1.54, 1.807) is 0 Å². The van der Waals surface area contributed by atoms with Gasteiger partial charge >= 0.3 is 0 Å². The largest absolute Gasteiger partial charge is 0.299 e. The van der Waals surface area contributed by atoms with Crippen molar-refractivity contribution in [2.24, 2.45) is 17.3 Å². The second-order valence-electron chi connectivity index (χ2n) is 4.49. The first-order valence-corrected chi connectivity index (χ1v) is 4.65. The summed E-state index contributed by atoms with van der Waals surface area (Å²) in [4.78, 5) is 11.5. The molecule has 1 aliphatic rings. The van der Waals surface area contributed by atoms with Crippen molar-refractivity contribution >= 4 is 5.78 Å². The molecule has 1 nitrogen and oxygen atoms in total. The topological polar surface area (TPSA) is 17.1 Å². The highest BCUT2D eigenvalue weighted by Crippen LogP contribution is 2.41. The van der Waals surface area contributed by atoms with E-state index < -0.39 is 0 Å². The van der Waals surface area contributed by atoms with E-state index in [1.165, 1.54) is 0 Å². The molecule has 2 unspecified atom stereocenters. The molecule has 0 saturated heterocycles. The second kappa shape index (κ2) is 3.04. The van der Waals surface area contributed by atoms with Crippen LogP contribution in [0.1, 0.15) is 33.6 Å². The minimum absolute atomic E-state index is 0.0208. The quantitative estimate of drug-likeness (QED) is 0.576. The van der Waals surface area contributed by atoms with Crippen LogP contribution in [0.5, 0.6) is 0 Å². The molecule has 1 aliphatic carbocycles.